The molecule has 0 atom stereocenters. The predicted molar refractivity (Wildman–Crippen MR) is 205 cm³/mol. The van der Waals surface area contributed by atoms with Gasteiger partial charge < -0.3 is 9.32 Å². The topological polar surface area (TPSA) is 42.2 Å². The highest BCUT2D eigenvalue weighted by molar-refractivity contribution is 7.26. The standard InChI is InChI=1S/C44H27N3OS/c1-4-14-28(15-5-1)40-43-41(35-22-12-13-23-38(35)49-43)46-44(45-40)36-26-29-16-10-11-21-33(29)42-39(36)34-25-24-32(27-37(34)48-42)47(30-17-6-2-7-18-30)31-19-8-3-9-20-31/h1-27H. The third-order valence-corrected chi connectivity index (χ3v) is 10.4. The normalized spacial score (nSPS) is 11.7. The van der Waals surface area contributed by atoms with E-state index in [9.17, 15) is 0 Å². The van der Waals surface area contributed by atoms with Gasteiger partial charge in [-0.1, -0.05) is 109 Å². The van der Waals surface area contributed by atoms with Crippen molar-refractivity contribution in [1.29, 1.82) is 0 Å². The molecule has 3 heterocycles. The average molecular weight is 646 g/mol. The summed E-state index contributed by atoms with van der Waals surface area (Å²) >= 11 is 1.75. The molecule has 4 nitrogen and oxygen atoms in total. The molecule has 0 aliphatic carbocycles. The fraction of sp³-hybridized carbons (Fsp3) is 0. The second kappa shape index (κ2) is 11.2. The highest BCUT2D eigenvalue weighted by atomic mass is 32.1. The molecule has 0 saturated carbocycles. The number of furan rings is 1. The maximum atomic E-state index is 6.87. The molecule has 0 radical (unpaired) electrons. The molecule has 0 bridgehead atoms. The maximum Gasteiger partial charge on any atom is 0.161 e. The van der Waals surface area contributed by atoms with Crippen LogP contribution in [0.15, 0.2) is 168 Å². The van der Waals surface area contributed by atoms with E-state index in [0.29, 0.717) is 5.82 Å². The first kappa shape index (κ1) is 27.8. The summed E-state index contributed by atoms with van der Waals surface area (Å²) < 4.78 is 9.16. The van der Waals surface area contributed by atoms with Crippen LogP contribution in [0.3, 0.4) is 0 Å². The van der Waals surface area contributed by atoms with Gasteiger partial charge in [-0.2, -0.15) is 0 Å². The minimum Gasteiger partial charge on any atom is -0.455 e. The van der Waals surface area contributed by atoms with Crippen LogP contribution >= 0.6 is 11.3 Å². The summed E-state index contributed by atoms with van der Waals surface area (Å²) in [5, 5.41) is 5.33. The summed E-state index contributed by atoms with van der Waals surface area (Å²) in [6, 6.07) is 57.0. The van der Waals surface area contributed by atoms with Crippen molar-refractivity contribution in [1.82, 2.24) is 9.97 Å². The molecule has 49 heavy (non-hydrogen) atoms. The van der Waals surface area contributed by atoms with Gasteiger partial charge in [-0.25, -0.2) is 9.97 Å². The zero-order chi connectivity index (χ0) is 32.3. The lowest BCUT2D eigenvalue weighted by atomic mass is 9.99. The summed E-state index contributed by atoms with van der Waals surface area (Å²) in [6.07, 6.45) is 0. The molecule has 0 saturated heterocycles. The number of hydrogen-bond acceptors (Lipinski definition) is 5. The number of nitrogens with zero attached hydrogens (tertiary/aromatic N) is 3. The largest absolute Gasteiger partial charge is 0.455 e. The van der Waals surface area contributed by atoms with E-state index in [1.54, 1.807) is 11.3 Å². The van der Waals surface area contributed by atoms with Crippen LogP contribution in [0.5, 0.6) is 0 Å². The first-order valence-electron chi connectivity index (χ1n) is 16.3. The van der Waals surface area contributed by atoms with Gasteiger partial charge in [0.05, 0.1) is 15.9 Å². The van der Waals surface area contributed by atoms with E-state index in [-0.39, 0.29) is 0 Å². The summed E-state index contributed by atoms with van der Waals surface area (Å²) in [6.45, 7) is 0. The maximum absolute atomic E-state index is 6.87. The molecular weight excluding hydrogens is 619 g/mol. The van der Waals surface area contributed by atoms with Crippen molar-refractivity contribution >= 4 is 81.4 Å². The molecule has 10 rings (SSSR count). The summed E-state index contributed by atoms with van der Waals surface area (Å²) in [5.74, 6) is 0.688. The van der Waals surface area contributed by atoms with Gasteiger partial charge in [-0.3, -0.25) is 0 Å². The molecule has 0 spiro atoms. The Morgan fingerprint density at radius 3 is 1.94 bits per heavy atom. The Morgan fingerprint density at radius 1 is 0.531 bits per heavy atom. The van der Waals surface area contributed by atoms with Crippen molar-refractivity contribution < 1.29 is 4.42 Å². The highest BCUT2D eigenvalue weighted by Gasteiger charge is 2.22. The van der Waals surface area contributed by atoms with Gasteiger partial charge in [-0.15, -0.1) is 11.3 Å². The quantitative estimate of drug-likeness (QED) is 0.187. The Bertz CT molecular complexity index is 2790. The number of aromatic nitrogens is 2. The Labute approximate surface area is 286 Å². The number of anilines is 3. The SMILES string of the molecule is c1ccc(-c2nc(-c3cc4ccccc4c4oc5cc(N(c6ccccc6)c6ccccc6)ccc5c34)nc3c2sc2ccccc23)cc1. The monoisotopic (exact) mass is 645 g/mol. The first-order valence-corrected chi connectivity index (χ1v) is 17.2. The zero-order valence-corrected chi connectivity index (χ0v) is 27.1. The van der Waals surface area contributed by atoms with E-state index in [2.05, 4.69) is 150 Å². The summed E-state index contributed by atoms with van der Waals surface area (Å²) in [7, 11) is 0. The van der Waals surface area contributed by atoms with Gasteiger partial charge in [0.1, 0.15) is 11.2 Å². The molecule has 0 N–H and O–H groups in total. The smallest absolute Gasteiger partial charge is 0.161 e. The Hall–Kier alpha value is -6.30. The predicted octanol–water partition coefficient (Wildman–Crippen LogP) is 12.7. The summed E-state index contributed by atoms with van der Waals surface area (Å²) in [4.78, 5) is 13.0. The lowest BCUT2D eigenvalue weighted by Crippen LogP contribution is -2.09. The van der Waals surface area contributed by atoms with Crippen LogP contribution in [-0.4, -0.2) is 9.97 Å². The number of hydrogen-bond donors (Lipinski definition) is 0. The fourth-order valence-corrected chi connectivity index (χ4v) is 8.17. The lowest BCUT2D eigenvalue weighted by molar-refractivity contribution is 0.673. The van der Waals surface area contributed by atoms with Gasteiger partial charge >= 0.3 is 0 Å². The Morgan fingerprint density at radius 2 is 1.18 bits per heavy atom. The van der Waals surface area contributed by atoms with Crippen molar-refractivity contribution in [2.45, 2.75) is 0 Å². The minimum atomic E-state index is 0.688. The van der Waals surface area contributed by atoms with E-state index in [0.717, 1.165) is 82.2 Å². The summed E-state index contributed by atoms with van der Waals surface area (Å²) in [5.41, 5.74) is 8.77. The van der Waals surface area contributed by atoms with Crippen LogP contribution in [-0.2, 0) is 0 Å². The molecule has 0 unspecified atom stereocenters. The number of para-hydroxylation sites is 2. The third-order valence-electron chi connectivity index (χ3n) is 9.24. The van der Waals surface area contributed by atoms with E-state index in [1.165, 1.54) is 4.70 Å². The Balaban J connectivity index is 1.26. The first-order chi connectivity index (χ1) is 24.3. The fourth-order valence-electron chi connectivity index (χ4n) is 7.02. The molecule has 7 aromatic carbocycles. The lowest BCUT2D eigenvalue weighted by Gasteiger charge is -2.25. The van der Waals surface area contributed by atoms with Crippen molar-refractivity contribution in [2.75, 3.05) is 4.90 Å². The zero-order valence-electron chi connectivity index (χ0n) is 26.2. The van der Waals surface area contributed by atoms with Crippen molar-refractivity contribution in [3.8, 4) is 22.6 Å². The number of benzene rings is 7. The van der Waals surface area contributed by atoms with E-state index in [1.807, 2.05) is 18.2 Å². The van der Waals surface area contributed by atoms with Crippen LogP contribution in [0, 0.1) is 0 Å². The molecule has 0 fully saturated rings. The molecule has 0 aliphatic rings. The van der Waals surface area contributed by atoms with Crippen LogP contribution in [0.1, 0.15) is 0 Å². The van der Waals surface area contributed by atoms with Crippen LogP contribution in [0.4, 0.5) is 17.1 Å². The van der Waals surface area contributed by atoms with Crippen LogP contribution in [0.2, 0.25) is 0 Å². The second-order valence-electron chi connectivity index (χ2n) is 12.2. The molecule has 10 aromatic rings. The van der Waals surface area contributed by atoms with Crippen molar-refractivity contribution in [3.05, 3.63) is 164 Å². The van der Waals surface area contributed by atoms with Crippen LogP contribution in [0.25, 0.3) is 75.7 Å². The minimum absolute atomic E-state index is 0.688. The number of thiophene rings is 1. The molecule has 0 aliphatic heterocycles. The highest BCUT2D eigenvalue weighted by Crippen LogP contribution is 2.45. The van der Waals surface area contributed by atoms with Crippen molar-refractivity contribution in [3.63, 3.8) is 0 Å². The van der Waals surface area contributed by atoms with E-state index < -0.39 is 0 Å². The van der Waals surface area contributed by atoms with E-state index in [4.69, 9.17) is 14.4 Å². The Kier molecular flexibility index (Phi) is 6.32. The second-order valence-corrected chi connectivity index (χ2v) is 13.2. The van der Waals surface area contributed by atoms with Crippen LogP contribution < -0.4 is 4.90 Å². The third kappa shape index (κ3) is 4.51. The van der Waals surface area contributed by atoms with Gasteiger partial charge in [-0.05, 0) is 53.9 Å². The van der Waals surface area contributed by atoms with Crippen molar-refractivity contribution in [2.24, 2.45) is 0 Å². The molecule has 5 heteroatoms. The van der Waals surface area contributed by atoms with E-state index >= 15 is 0 Å². The molecule has 0 amide bonds. The molecule has 3 aromatic heterocycles. The van der Waals surface area contributed by atoms with Gasteiger partial charge in [0.15, 0.2) is 5.82 Å². The molecular formula is C44H27N3OS. The van der Waals surface area contributed by atoms with Gasteiger partial charge in [0.25, 0.3) is 0 Å². The van der Waals surface area contributed by atoms with Gasteiger partial charge in [0.2, 0.25) is 0 Å². The average Bonchev–Trinajstić information content (AvgIpc) is 3.74. The van der Waals surface area contributed by atoms with Gasteiger partial charge in [0, 0.05) is 60.5 Å². The number of fused-ring (bicyclic) bond motifs is 8. The number of rotatable bonds is 5. The molecule has 230 valence electrons.